The zero-order chi connectivity index (χ0) is 34.7. The summed E-state index contributed by atoms with van der Waals surface area (Å²) in [5.41, 5.74) is -2.63. The van der Waals surface area contributed by atoms with Gasteiger partial charge in [0.1, 0.15) is 0 Å². The third kappa shape index (κ3) is 32.7. The molecule has 0 saturated heterocycles. The van der Waals surface area contributed by atoms with Crippen LogP contribution in [-0.2, 0) is 19.1 Å². The molecule has 0 aromatic heterocycles. The summed E-state index contributed by atoms with van der Waals surface area (Å²) in [5, 5.41) is 27.6. The van der Waals surface area contributed by atoms with Crippen LogP contribution < -0.4 is 0 Å². The van der Waals surface area contributed by atoms with Crippen molar-refractivity contribution in [1.82, 2.24) is 0 Å². The summed E-state index contributed by atoms with van der Waals surface area (Å²) in [6.07, 6.45) is 41.4. The molecule has 0 radical (unpaired) electrons. The fraction of sp³-hybridized carbons (Fsp3) is 0.925. The van der Waals surface area contributed by atoms with Crippen molar-refractivity contribution in [2.45, 2.75) is 231 Å². The molecule has 3 N–H and O–H groups in total. The molecule has 0 aliphatic heterocycles. The number of esters is 1. The Hall–Kier alpha value is -1.63. The first kappa shape index (κ1) is 45.4. The van der Waals surface area contributed by atoms with Gasteiger partial charge in [0.2, 0.25) is 0 Å². The number of ether oxygens (including phenoxy) is 1. The van der Waals surface area contributed by atoms with Crippen molar-refractivity contribution in [3.63, 3.8) is 0 Å². The van der Waals surface area contributed by atoms with Crippen LogP contribution in [-0.4, -0.2) is 45.4 Å². The van der Waals surface area contributed by atoms with Gasteiger partial charge in [-0.3, -0.25) is 9.59 Å². The average Bonchev–Trinajstić information content (AvgIpc) is 3.02. The standard InChI is InChI=1S/C40H76O7/c1-2-3-4-5-6-7-8-9-10-11-12-13-14-15-16-17-18-19-20-21-22-23-24-25-26-27-28-29-30-31-32-33-34-47-38(43)36-40(46,39(44)45)35-37(41)42/h46H,2-36H2,1H3,(H,41,42)(H,44,45). The van der Waals surface area contributed by atoms with Gasteiger partial charge in [0.15, 0.2) is 5.60 Å². The molecule has 0 aromatic carbocycles. The minimum Gasteiger partial charge on any atom is -0.481 e. The van der Waals surface area contributed by atoms with Gasteiger partial charge >= 0.3 is 17.9 Å². The fourth-order valence-electron chi connectivity index (χ4n) is 6.42. The molecule has 0 aliphatic carbocycles. The highest BCUT2D eigenvalue weighted by molar-refractivity contribution is 5.88. The van der Waals surface area contributed by atoms with E-state index in [1.807, 2.05) is 0 Å². The van der Waals surface area contributed by atoms with E-state index in [2.05, 4.69) is 6.92 Å². The van der Waals surface area contributed by atoms with Gasteiger partial charge in [0.05, 0.1) is 19.4 Å². The van der Waals surface area contributed by atoms with Crippen molar-refractivity contribution in [2.24, 2.45) is 0 Å². The summed E-state index contributed by atoms with van der Waals surface area (Å²) in [6, 6.07) is 0. The molecule has 0 heterocycles. The second-order valence-electron chi connectivity index (χ2n) is 14.3. The lowest BCUT2D eigenvalue weighted by Gasteiger charge is -2.20. The largest absolute Gasteiger partial charge is 0.481 e. The summed E-state index contributed by atoms with van der Waals surface area (Å²) < 4.78 is 4.98. The van der Waals surface area contributed by atoms with Gasteiger partial charge in [-0.25, -0.2) is 4.79 Å². The van der Waals surface area contributed by atoms with Crippen LogP contribution in [0.4, 0.5) is 0 Å². The van der Waals surface area contributed by atoms with E-state index in [-0.39, 0.29) is 6.61 Å². The number of aliphatic carboxylic acids is 2. The summed E-state index contributed by atoms with van der Waals surface area (Å²) in [6.45, 7) is 2.45. The number of hydrogen-bond acceptors (Lipinski definition) is 5. The Morgan fingerprint density at radius 2 is 0.681 bits per heavy atom. The maximum Gasteiger partial charge on any atom is 0.336 e. The van der Waals surface area contributed by atoms with Crippen molar-refractivity contribution in [1.29, 1.82) is 0 Å². The minimum atomic E-state index is -2.63. The number of unbranched alkanes of at least 4 members (excludes halogenated alkanes) is 31. The van der Waals surface area contributed by atoms with Crippen LogP contribution in [0.1, 0.15) is 225 Å². The normalized spacial score (nSPS) is 12.6. The Morgan fingerprint density at radius 3 is 0.915 bits per heavy atom. The first-order valence-corrected chi connectivity index (χ1v) is 20.1. The van der Waals surface area contributed by atoms with Gasteiger partial charge in [-0.1, -0.05) is 206 Å². The van der Waals surface area contributed by atoms with Crippen LogP contribution >= 0.6 is 0 Å². The smallest absolute Gasteiger partial charge is 0.336 e. The highest BCUT2D eigenvalue weighted by Crippen LogP contribution is 2.19. The first-order chi connectivity index (χ1) is 22.8. The Labute approximate surface area is 289 Å². The maximum absolute atomic E-state index is 11.8. The van der Waals surface area contributed by atoms with Gasteiger partial charge < -0.3 is 20.1 Å². The molecular weight excluding hydrogens is 592 g/mol. The van der Waals surface area contributed by atoms with E-state index in [4.69, 9.17) is 14.9 Å². The quantitative estimate of drug-likeness (QED) is 0.0442. The summed E-state index contributed by atoms with van der Waals surface area (Å²) >= 11 is 0. The predicted molar refractivity (Wildman–Crippen MR) is 194 cm³/mol. The Bertz CT molecular complexity index is 725. The Balaban J connectivity index is 3.25. The highest BCUT2D eigenvalue weighted by atomic mass is 16.5. The number of carboxylic acids is 2. The molecule has 0 saturated carbocycles. The SMILES string of the molecule is CCCCCCCCCCCCCCCCCCCCCCCCCCCCCCCCCCOC(=O)CC(O)(CC(=O)O)C(=O)O. The number of carbonyl (C=O) groups excluding carboxylic acids is 1. The van der Waals surface area contributed by atoms with Gasteiger partial charge in [0, 0.05) is 0 Å². The number of carboxylic acid groups (broad SMARTS) is 2. The lowest BCUT2D eigenvalue weighted by Crippen LogP contribution is -2.43. The van der Waals surface area contributed by atoms with Gasteiger partial charge in [-0.05, 0) is 6.42 Å². The van der Waals surface area contributed by atoms with Crippen molar-refractivity contribution in [3.8, 4) is 0 Å². The molecule has 47 heavy (non-hydrogen) atoms. The Kier molecular flexibility index (Phi) is 33.1. The number of hydrogen-bond donors (Lipinski definition) is 3. The average molecular weight is 669 g/mol. The monoisotopic (exact) mass is 669 g/mol. The van der Waals surface area contributed by atoms with Crippen molar-refractivity contribution in [2.75, 3.05) is 6.61 Å². The maximum atomic E-state index is 11.8. The number of rotatable bonds is 38. The third-order valence-electron chi connectivity index (χ3n) is 9.54. The zero-order valence-electron chi connectivity index (χ0n) is 30.7. The molecule has 1 atom stereocenters. The van der Waals surface area contributed by atoms with E-state index in [1.165, 1.54) is 180 Å². The van der Waals surface area contributed by atoms with E-state index in [9.17, 15) is 19.5 Å². The molecule has 0 aliphatic rings. The second-order valence-corrected chi connectivity index (χ2v) is 14.3. The van der Waals surface area contributed by atoms with Crippen molar-refractivity contribution in [3.05, 3.63) is 0 Å². The lowest BCUT2D eigenvalue weighted by molar-refractivity contribution is -0.172. The first-order valence-electron chi connectivity index (χ1n) is 20.1. The van der Waals surface area contributed by atoms with Crippen molar-refractivity contribution < 1.29 is 34.4 Å². The Morgan fingerprint density at radius 1 is 0.426 bits per heavy atom. The zero-order valence-corrected chi connectivity index (χ0v) is 30.7. The molecule has 0 aromatic rings. The van der Waals surface area contributed by atoms with Gasteiger partial charge in [0.25, 0.3) is 0 Å². The number of aliphatic hydroxyl groups is 1. The third-order valence-corrected chi connectivity index (χ3v) is 9.54. The molecule has 278 valence electrons. The summed E-state index contributed by atoms with van der Waals surface area (Å²) in [7, 11) is 0. The molecule has 0 amide bonds. The molecule has 0 fully saturated rings. The van der Waals surface area contributed by atoms with Gasteiger partial charge in [-0.2, -0.15) is 0 Å². The van der Waals surface area contributed by atoms with Crippen LogP contribution in [0.3, 0.4) is 0 Å². The van der Waals surface area contributed by atoms with Crippen LogP contribution in [0.15, 0.2) is 0 Å². The van der Waals surface area contributed by atoms with E-state index in [0.717, 1.165) is 19.3 Å². The van der Waals surface area contributed by atoms with E-state index >= 15 is 0 Å². The van der Waals surface area contributed by atoms with E-state index < -0.39 is 36.4 Å². The van der Waals surface area contributed by atoms with Crippen molar-refractivity contribution >= 4 is 17.9 Å². The summed E-state index contributed by atoms with van der Waals surface area (Å²) in [5.74, 6) is -4.12. The molecule has 1 unspecified atom stereocenters. The lowest BCUT2D eigenvalue weighted by atomic mass is 9.96. The van der Waals surface area contributed by atoms with Gasteiger partial charge in [-0.15, -0.1) is 0 Å². The van der Waals surface area contributed by atoms with Crippen LogP contribution in [0.5, 0.6) is 0 Å². The summed E-state index contributed by atoms with van der Waals surface area (Å²) in [4.78, 5) is 33.6. The molecule has 0 rings (SSSR count). The van der Waals surface area contributed by atoms with E-state index in [0.29, 0.717) is 6.42 Å². The van der Waals surface area contributed by atoms with Crippen LogP contribution in [0.25, 0.3) is 0 Å². The van der Waals surface area contributed by atoms with Crippen LogP contribution in [0.2, 0.25) is 0 Å². The van der Waals surface area contributed by atoms with E-state index in [1.54, 1.807) is 0 Å². The second kappa shape index (κ2) is 34.2. The van der Waals surface area contributed by atoms with Crippen LogP contribution in [0, 0.1) is 0 Å². The molecule has 7 nitrogen and oxygen atoms in total. The number of carbonyl (C=O) groups is 3. The topological polar surface area (TPSA) is 121 Å². The highest BCUT2D eigenvalue weighted by Gasteiger charge is 2.41. The predicted octanol–water partition coefficient (Wildman–Crippen LogP) is 11.7. The molecular formula is C40H76O7. The fourth-order valence-corrected chi connectivity index (χ4v) is 6.42. The molecule has 0 spiro atoms. The molecule has 7 heteroatoms. The molecule has 0 bridgehead atoms. The minimum absolute atomic E-state index is 0.154.